The Kier molecular flexibility index (Phi) is 6.20. The fourth-order valence-electron chi connectivity index (χ4n) is 3.92. The number of carbonyl (C=O) groups is 1. The fraction of sp³-hybridized carbons (Fsp3) is 0.417. The highest BCUT2D eigenvalue weighted by molar-refractivity contribution is 7.92. The Labute approximate surface area is 193 Å². The lowest BCUT2D eigenvalue weighted by molar-refractivity contribution is 0.0964. The number of aliphatic hydroxyl groups excluding tert-OH is 1. The van der Waals surface area contributed by atoms with Crippen LogP contribution in [0, 0.1) is 6.92 Å². The van der Waals surface area contributed by atoms with Crippen LogP contribution in [-0.2, 0) is 10.0 Å². The minimum Gasteiger partial charge on any atom is -0.437 e. The molecule has 1 aromatic carbocycles. The van der Waals surface area contributed by atoms with Crippen molar-refractivity contribution >= 4 is 32.8 Å². The molecule has 176 valence electrons. The number of hydrogen-bond donors (Lipinski definition) is 2. The first-order chi connectivity index (χ1) is 15.6. The third-order valence-corrected chi connectivity index (χ3v) is 7.02. The largest absolute Gasteiger partial charge is 0.437 e. The third-order valence-electron chi connectivity index (χ3n) is 5.86. The van der Waals surface area contributed by atoms with Crippen molar-refractivity contribution in [2.24, 2.45) is 0 Å². The van der Waals surface area contributed by atoms with Crippen LogP contribution in [0.2, 0.25) is 0 Å². The first kappa shape index (κ1) is 23.3. The maximum atomic E-state index is 12.9. The minimum atomic E-state index is -3.65. The Morgan fingerprint density at radius 2 is 1.97 bits per heavy atom. The zero-order valence-corrected chi connectivity index (χ0v) is 20.1. The summed E-state index contributed by atoms with van der Waals surface area (Å²) in [6.07, 6.45) is 2.60. The molecule has 0 aliphatic heterocycles. The Balaban J connectivity index is 1.95. The summed E-state index contributed by atoms with van der Waals surface area (Å²) in [6.45, 7) is 3.70. The van der Waals surface area contributed by atoms with Crippen molar-refractivity contribution in [3.8, 4) is 11.3 Å². The van der Waals surface area contributed by atoms with Crippen LogP contribution in [-0.4, -0.2) is 50.4 Å². The third kappa shape index (κ3) is 4.74. The van der Waals surface area contributed by atoms with Gasteiger partial charge in [-0.05, 0) is 50.7 Å². The van der Waals surface area contributed by atoms with Crippen LogP contribution in [0.3, 0.4) is 0 Å². The number of aliphatic hydroxyl groups is 1. The molecule has 4 rings (SSSR count). The summed E-state index contributed by atoms with van der Waals surface area (Å²) in [5, 5.41) is 13.0. The van der Waals surface area contributed by atoms with Gasteiger partial charge in [-0.2, -0.15) is 4.98 Å². The van der Waals surface area contributed by atoms with Gasteiger partial charge in [0.05, 0.1) is 23.3 Å². The number of benzene rings is 1. The van der Waals surface area contributed by atoms with Gasteiger partial charge in [-0.1, -0.05) is 29.8 Å². The van der Waals surface area contributed by atoms with E-state index in [1.54, 1.807) is 14.0 Å². The molecule has 9 heteroatoms. The summed E-state index contributed by atoms with van der Waals surface area (Å²) in [4.78, 5) is 17.5. The van der Waals surface area contributed by atoms with Crippen LogP contribution < -0.4 is 9.62 Å². The van der Waals surface area contributed by atoms with E-state index in [0.29, 0.717) is 22.5 Å². The molecule has 1 aliphatic carbocycles. The molecule has 0 bridgehead atoms. The molecule has 33 heavy (non-hydrogen) atoms. The number of nitrogens with one attached hydrogen (secondary N) is 1. The smallest absolute Gasteiger partial charge is 0.255 e. The predicted octanol–water partition coefficient (Wildman–Crippen LogP) is 3.58. The van der Waals surface area contributed by atoms with E-state index in [1.807, 2.05) is 37.3 Å². The van der Waals surface area contributed by atoms with Crippen LogP contribution in [0.1, 0.15) is 53.6 Å². The van der Waals surface area contributed by atoms with Gasteiger partial charge in [0.2, 0.25) is 15.7 Å². The molecule has 0 spiro atoms. The molecule has 3 aromatic rings. The highest BCUT2D eigenvalue weighted by atomic mass is 32.2. The van der Waals surface area contributed by atoms with Gasteiger partial charge in [-0.25, -0.2) is 8.42 Å². The summed E-state index contributed by atoms with van der Waals surface area (Å²) in [6, 6.07) is 9.49. The van der Waals surface area contributed by atoms with Crippen LogP contribution in [0.15, 0.2) is 34.7 Å². The number of hydrogen-bond acceptors (Lipinski definition) is 6. The highest BCUT2D eigenvalue weighted by Gasteiger charge is 2.34. The van der Waals surface area contributed by atoms with Crippen molar-refractivity contribution in [2.45, 2.75) is 45.1 Å². The molecule has 2 N–H and O–H groups in total. The van der Waals surface area contributed by atoms with E-state index >= 15 is 0 Å². The van der Waals surface area contributed by atoms with E-state index in [4.69, 9.17) is 4.42 Å². The number of nitrogens with zero attached hydrogens (tertiary/aromatic N) is 2. The normalized spacial score (nSPS) is 14.9. The average Bonchev–Trinajstić information content (AvgIpc) is 3.53. The number of furan rings is 1. The summed E-state index contributed by atoms with van der Waals surface area (Å²) in [7, 11) is -2.09. The van der Waals surface area contributed by atoms with E-state index in [2.05, 4.69) is 10.3 Å². The quantitative estimate of drug-likeness (QED) is 0.519. The number of amides is 1. The number of sulfonamides is 1. The van der Waals surface area contributed by atoms with Gasteiger partial charge < -0.3 is 14.8 Å². The lowest BCUT2D eigenvalue weighted by Gasteiger charge is -2.24. The molecule has 1 fully saturated rings. The number of aromatic nitrogens is 1. The van der Waals surface area contributed by atoms with Crippen molar-refractivity contribution in [2.75, 3.05) is 24.2 Å². The van der Waals surface area contributed by atoms with Gasteiger partial charge in [0.25, 0.3) is 5.91 Å². The molecule has 1 unspecified atom stereocenters. The van der Waals surface area contributed by atoms with Crippen LogP contribution in [0.25, 0.3) is 22.4 Å². The minimum absolute atomic E-state index is 0.0998. The number of carbonyl (C=O) groups excluding carboxylic acids is 1. The van der Waals surface area contributed by atoms with Crippen molar-refractivity contribution < 1.29 is 22.7 Å². The molecule has 1 amide bonds. The van der Waals surface area contributed by atoms with Crippen molar-refractivity contribution in [3.05, 3.63) is 47.0 Å². The zero-order valence-electron chi connectivity index (χ0n) is 19.3. The summed E-state index contributed by atoms with van der Waals surface area (Å²) in [5.41, 5.74) is 3.18. The molecule has 0 saturated heterocycles. The number of fused-ring (bicyclic) bond motifs is 1. The molecule has 1 atom stereocenters. The monoisotopic (exact) mass is 471 g/mol. The van der Waals surface area contributed by atoms with E-state index < -0.39 is 16.1 Å². The SMILES string of the molecule is CNC(=O)c1c(-c2ccc(C)cc2)oc2nc(N(CCC(C)O)S(C)(=O)=O)c(C3CC3)cc12. The van der Waals surface area contributed by atoms with E-state index in [9.17, 15) is 18.3 Å². The Bertz CT molecular complexity index is 1290. The van der Waals surface area contributed by atoms with Gasteiger partial charge in [-0.15, -0.1) is 0 Å². The molecule has 2 aromatic heterocycles. The Morgan fingerprint density at radius 1 is 1.30 bits per heavy atom. The van der Waals surface area contributed by atoms with Gasteiger partial charge in [0, 0.05) is 19.2 Å². The van der Waals surface area contributed by atoms with E-state index in [1.165, 1.54) is 4.31 Å². The van der Waals surface area contributed by atoms with Gasteiger partial charge in [0.1, 0.15) is 11.6 Å². The molecule has 8 nitrogen and oxygen atoms in total. The lowest BCUT2D eigenvalue weighted by atomic mass is 10.0. The van der Waals surface area contributed by atoms with Crippen LogP contribution in [0.5, 0.6) is 0 Å². The number of rotatable bonds is 8. The van der Waals surface area contributed by atoms with E-state index in [0.717, 1.165) is 35.8 Å². The van der Waals surface area contributed by atoms with Gasteiger partial charge in [-0.3, -0.25) is 9.10 Å². The van der Waals surface area contributed by atoms with Crippen molar-refractivity contribution in [3.63, 3.8) is 0 Å². The van der Waals surface area contributed by atoms with Crippen LogP contribution in [0.4, 0.5) is 5.82 Å². The first-order valence-corrected chi connectivity index (χ1v) is 12.9. The molecule has 1 aliphatic rings. The summed E-state index contributed by atoms with van der Waals surface area (Å²) >= 11 is 0. The first-order valence-electron chi connectivity index (χ1n) is 11.0. The summed E-state index contributed by atoms with van der Waals surface area (Å²) in [5.74, 6) is 0.573. The van der Waals surface area contributed by atoms with Gasteiger partial charge >= 0.3 is 0 Å². The summed E-state index contributed by atoms with van der Waals surface area (Å²) < 4.78 is 32.7. The standard InChI is InChI=1S/C24H29N3O5S/c1-14-5-7-17(8-6-14)21-20(23(29)25-3)19-13-18(16-9-10-16)22(26-24(19)32-21)27(33(4,30)31)12-11-15(2)28/h5-8,13,15-16,28H,9-12H2,1-4H3,(H,25,29). The second kappa shape index (κ2) is 8.79. The number of anilines is 1. The van der Waals surface area contributed by atoms with Crippen LogP contribution >= 0.6 is 0 Å². The van der Waals surface area contributed by atoms with Gasteiger partial charge in [0.15, 0.2) is 0 Å². The Morgan fingerprint density at radius 3 is 2.52 bits per heavy atom. The molecular formula is C24H29N3O5S. The molecular weight excluding hydrogens is 442 g/mol. The maximum absolute atomic E-state index is 12.9. The molecule has 0 radical (unpaired) electrons. The van der Waals surface area contributed by atoms with Crippen molar-refractivity contribution in [1.29, 1.82) is 0 Å². The highest BCUT2D eigenvalue weighted by Crippen LogP contribution is 2.46. The topological polar surface area (TPSA) is 113 Å². The predicted molar refractivity (Wildman–Crippen MR) is 128 cm³/mol. The number of pyridine rings is 1. The number of aryl methyl sites for hydroxylation is 1. The second-order valence-electron chi connectivity index (χ2n) is 8.75. The lowest BCUT2D eigenvalue weighted by Crippen LogP contribution is -2.34. The molecule has 1 saturated carbocycles. The molecule has 2 heterocycles. The fourth-order valence-corrected chi connectivity index (χ4v) is 4.81. The van der Waals surface area contributed by atoms with E-state index in [-0.39, 0.29) is 30.5 Å². The average molecular weight is 472 g/mol. The zero-order chi connectivity index (χ0) is 23.9. The maximum Gasteiger partial charge on any atom is 0.255 e. The van der Waals surface area contributed by atoms with Crippen molar-refractivity contribution in [1.82, 2.24) is 10.3 Å². The Hall–Kier alpha value is -2.91. The second-order valence-corrected chi connectivity index (χ2v) is 10.7.